The van der Waals surface area contributed by atoms with Gasteiger partial charge in [0.25, 0.3) is 0 Å². The number of ketones is 1. The van der Waals surface area contributed by atoms with Crippen molar-refractivity contribution in [3.63, 3.8) is 0 Å². The molecular formula is C13H10ClNO. The molecular weight excluding hydrogens is 222 g/mol. The molecule has 2 aromatic rings. The highest BCUT2D eigenvalue weighted by Gasteiger charge is 2.10. The number of pyridine rings is 1. The Morgan fingerprint density at radius 1 is 1.25 bits per heavy atom. The molecule has 0 amide bonds. The fraction of sp³-hybridized carbons (Fsp3) is 0.0769. The summed E-state index contributed by atoms with van der Waals surface area (Å²) in [5.74, 6) is -0.109. The molecule has 0 aliphatic carbocycles. The van der Waals surface area contributed by atoms with Crippen LogP contribution in [0.2, 0.25) is 5.02 Å². The normalized spacial score (nSPS) is 10.1. The molecule has 16 heavy (non-hydrogen) atoms. The molecule has 0 saturated carbocycles. The lowest BCUT2D eigenvalue weighted by molar-refractivity contribution is 0.103. The maximum atomic E-state index is 12.0. The standard InChI is InChI=1S/C13H10ClNO/c1-9-5-6-10(8-11(9)14)13(16)12-4-2-3-7-15-12/h2-8H,1H3. The fourth-order valence-electron chi connectivity index (χ4n) is 1.38. The second-order valence-corrected chi connectivity index (χ2v) is 3.92. The summed E-state index contributed by atoms with van der Waals surface area (Å²) in [6.45, 7) is 1.90. The summed E-state index contributed by atoms with van der Waals surface area (Å²) in [7, 11) is 0. The summed E-state index contributed by atoms with van der Waals surface area (Å²) in [6.07, 6.45) is 1.60. The number of aryl methyl sites for hydroxylation is 1. The van der Waals surface area contributed by atoms with E-state index in [2.05, 4.69) is 4.98 Å². The topological polar surface area (TPSA) is 30.0 Å². The van der Waals surface area contributed by atoms with Crippen molar-refractivity contribution in [1.29, 1.82) is 0 Å². The number of hydrogen-bond donors (Lipinski definition) is 0. The van der Waals surface area contributed by atoms with Crippen molar-refractivity contribution in [2.45, 2.75) is 6.92 Å². The highest BCUT2D eigenvalue weighted by atomic mass is 35.5. The van der Waals surface area contributed by atoms with E-state index in [-0.39, 0.29) is 5.78 Å². The molecule has 0 saturated heterocycles. The fourth-order valence-corrected chi connectivity index (χ4v) is 1.56. The van der Waals surface area contributed by atoms with Gasteiger partial charge in [-0.15, -0.1) is 0 Å². The van der Waals surface area contributed by atoms with E-state index >= 15 is 0 Å². The third kappa shape index (κ3) is 2.12. The molecule has 0 fully saturated rings. The van der Waals surface area contributed by atoms with E-state index in [0.717, 1.165) is 5.56 Å². The van der Waals surface area contributed by atoms with Crippen LogP contribution in [0.3, 0.4) is 0 Å². The first kappa shape index (κ1) is 10.8. The molecule has 0 bridgehead atoms. The summed E-state index contributed by atoms with van der Waals surface area (Å²) >= 11 is 5.97. The highest BCUT2D eigenvalue weighted by molar-refractivity contribution is 6.31. The summed E-state index contributed by atoms with van der Waals surface area (Å²) < 4.78 is 0. The van der Waals surface area contributed by atoms with Crippen LogP contribution < -0.4 is 0 Å². The molecule has 2 nitrogen and oxygen atoms in total. The van der Waals surface area contributed by atoms with Crippen molar-refractivity contribution in [2.24, 2.45) is 0 Å². The zero-order valence-electron chi connectivity index (χ0n) is 8.77. The maximum Gasteiger partial charge on any atom is 0.211 e. The Kier molecular flexibility index (Phi) is 3.02. The second-order valence-electron chi connectivity index (χ2n) is 3.51. The van der Waals surface area contributed by atoms with E-state index in [1.54, 1.807) is 36.5 Å². The summed E-state index contributed by atoms with van der Waals surface area (Å²) in [4.78, 5) is 16.0. The second kappa shape index (κ2) is 4.45. The maximum absolute atomic E-state index is 12.0. The lowest BCUT2D eigenvalue weighted by Gasteiger charge is -2.02. The summed E-state index contributed by atoms with van der Waals surface area (Å²) in [6, 6.07) is 10.5. The third-order valence-electron chi connectivity index (χ3n) is 2.33. The van der Waals surface area contributed by atoms with E-state index in [9.17, 15) is 4.79 Å². The largest absolute Gasteiger partial charge is 0.287 e. The number of carbonyl (C=O) groups excluding carboxylic acids is 1. The molecule has 0 aliphatic rings. The minimum Gasteiger partial charge on any atom is -0.287 e. The minimum atomic E-state index is -0.109. The highest BCUT2D eigenvalue weighted by Crippen LogP contribution is 2.18. The monoisotopic (exact) mass is 231 g/mol. The van der Waals surface area contributed by atoms with Crippen molar-refractivity contribution in [2.75, 3.05) is 0 Å². The predicted octanol–water partition coefficient (Wildman–Crippen LogP) is 3.27. The van der Waals surface area contributed by atoms with Crippen molar-refractivity contribution in [3.8, 4) is 0 Å². The van der Waals surface area contributed by atoms with Crippen LogP contribution in [0.4, 0.5) is 0 Å². The molecule has 2 rings (SSSR count). The number of carbonyl (C=O) groups is 1. The van der Waals surface area contributed by atoms with Gasteiger partial charge in [0, 0.05) is 16.8 Å². The van der Waals surface area contributed by atoms with Crippen LogP contribution in [-0.4, -0.2) is 10.8 Å². The lowest BCUT2D eigenvalue weighted by atomic mass is 10.1. The van der Waals surface area contributed by atoms with Gasteiger partial charge in [-0.25, -0.2) is 0 Å². The molecule has 0 radical (unpaired) electrons. The van der Waals surface area contributed by atoms with E-state index in [1.165, 1.54) is 0 Å². The van der Waals surface area contributed by atoms with Crippen LogP contribution in [0.15, 0.2) is 42.6 Å². The Hall–Kier alpha value is -1.67. The first-order valence-electron chi connectivity index (χ1n) is 4.90. The van der Waals surface area contributed by atoms with E-state index in [4.69, 9.17) is 11.6 Å². The van der Waals surface area contributed by atoms with Crippen molar-refractivity contribution in [3.05, 3.63) is 64.4 Å². The number of benzene rings is 1. The number of halogens is 1. The molecule has 1 heterocycles. The quantitative estimate of drug-likeness (QED) is 0.743. The van der Waals surface area contributed by atoms with Gasteiger partial charge in [-0.2, -0.15) is 0 Å². The van der Waals surface area contributed by atoms with Gasteiger partial charge in [0.1, 0.15) is 5.69 Å². The SMILES string of the molecule is Cc1ccc(C(=O)c2ccccn2)cc1Cl. The number of rotatable bonds is 2. The first-order valence-corrected chi connectivity index (χ1v) is 5.28. The molecule has 0 spiro atoms. The average molecular weight is 232 g/mol. The first-order chi connectivity index (χ1) is 7.68. The van der Waals surface area contributed by atoms with Crippen LogP contribution >= 0.6 is 11.6 Å². The Labute approximate surface area is 98.9 Å². The summed E-state index contributed by atoms with van der Waals surface area (Å²) in [5.41, 5.74) is 1.95. The molecule has 80 valence electrons. The van der Waals surface area contributed by atoms with Crippen molar-refractivity contribution in [1.82, 2.24) is 4.98 Å². The predicted molar refractivity (Wildman–Crippen MR) is 63.9 cm³/mol. The van der Waals surface area contributed by atoms with Gasteiger partial charge < -0.3 is 0 Å². The lowest BCUT2D eigenvalue weighted by Crippen LogP contribution is -2.03. The Morgan fingerprint density at radius 3 is 2.69 bits per heavy atom. The van der Waals surface area contributed by atoms with E-state index in [0.29, 0.717) is 16.3 Å². The smallest absolute Gasteiger partial charge is 0.211 e. The molecule has 1 aromatic carbocycles. The van der Waals surface area contributed by atoms with Gasteiger partial charge >= 0.3 is 0 Å². The van der Waals surface area contributed by atoms with Crippen molar-refractivity contribution < 1.29 is 4.79 Å². The molecule has 0 unspecified atom stereocenters. The molecule has 0 atom stereocenters. The molecule has 3 heteroatoms. The van der Waals surface area contributed by atoms with Gasteiger partial charge in [-0.05, 0) is 30.7 Å². The van der Waals surface area contributed by atoms with Crippen LogP contribution in [0, 0.1) is 6.92 Å². The van der Waals surface area contributed by atoms with Crippen LogP contribution in [0.25, 0.3) is 0 Å². The van der Waals surface area contributed by atoms with Crippen LogP contribution in [0.5, 0.6) is 0 Å². The van der Waals surface area contributed by atoms with E-state index < -0.39 is 0 Å². The third-order valence-corrected chi connectivity index (χ3v) is 2.74. The molecule has 1 aromatic heterocycles. The Bertz CT molecular complexity index is 523. The molecule has 0 aliphatic heterocycles. The average Bonchev–Trinajstić information content (AvgIpc) is 2.33. The number of aromatic nitrogens is 1. The van der Waals surface area contributed by atoms with Gasteiger partial charge in [0.05, 0.1) is 0 Å². The zero-order valence-corrected chi connectivity index (χ0v) is 9.53. The number of nitrogens with zero attached hydrogens (tertiary/aromatic N) is 1. The van der Waals surface area contributed by atoms with Crippen LogP contribution in [-0.2, 0) is 0 Å². The molecule has 0 N–H and O–H groups in total. The zero-order chi connectivity index (χ0) is 11.5. The Morgan fingerprint density at radius 2 is 2.06 bits per heavy atom. The van der Waals surface area contributed by atoms with Crippen molar-refractivity contribution >= 4 is 17.4 Å². The van der Waals surface area contributed by atoms with Gasteiger partial charge in [-0.3, -0.25) is 9.78 Å². The summed E-state index contributed by atoms with van der Waals surface area (Å²) in [5, 5.41) is 0.599. The Balaban J connectivity index is 2.39. The van der Waals surface area contributed by atoms with Gasteiger partial charge in [0.15, 0.2) is 0 Å². The van der Waals surface area contributed by atoms with Gasteiger partial charge in [-0.1, -0.05) is 29.8 Å². The minimum absolute atomic E-state index is 0.109. The number of hydrogen-bond acceptors (Lipinski definition) is 2. The van der Waals surface area contributed by atoms with E-state index in [1.807, 2.05) is 13.0 Å². The van der Waals surface area contributed by atoms with Crippen LogP contribution in [0.1, 0.15) is 21.6 Å². The van der Waals surface area contributed by atoms with Gasteiger partial charge in [0.2, 0.25) is 5.78 Å².